The Kier molecular flexibility index (Phi) is 5.20. The average Bonchev–Trinajstić information content (AvgIpc) is 2.65. The third kappa shape index (κ3) is 4.69. The molecule has 3 rings (SSSR count). The number of carbonyl (C=O) groups is 2. The molecule has 2 aromatic rings. The summed E-state index contributed by atoms with van der Waals surface area (Å²) in [5.74, 6) is -0.0596. The monoisotopic (exact) mass is 380 g/mol. The van der Waals surface area contributed by atoms with Gasteiger partial charge < -0.3 is 20.1 Å². The third-order valence-electron chi connectivity index (χ3n) is 3.71. The standard InChI is InChI=1S/C18H15F3N2O4/c19-18(20,21)12-3-1-11(2-4-12)17(25)22-10-16(24)23-13-5-6-14-15(9-13)27-8-7-26-14/h1-6,9H,7-8,10H2,(H,22,25)(H,23,24). The zero-order valence-corrected chi connectivity index (χ0v) is 13.9. The molecule has 0 fully saturated rings. The number of carbonyl (C=O) groups excluding carboxylic acids is 2. The molecule has 0 saturated heterocycles. The van der Waals surface area contributed by atoms with Crippen LogP contribution >= 0.6 is 0 Å². The zero-order valence-electron chi connectivity index (χ0n) is 13.9. The highest BCUT2D eigenvalue weighted by Gasteiger charge is 2.30. The van der Waals surface area contributed by atoms with Crippen molar-refractivity contribution in [1.29, 1.82) is 0 Å². The van der Waals surface area contributed by atoms with Gasteiger partial charge >= 0.3 is 6.18 Å². The molecule has 0 bridgehead atoms. The van der Waals surface area contributed by atoms with Crippen molar-refractivity contribution in [1.82, 2.24) is 5.32 Å². The predicted molar refractivity (Wildman–Crippen MR) is 89.8 cm³/mol. The molecule has 1 aliphatic rings. The average molecular weight is 380 g/mol. The van der Waals surface area contributed by atoms with E-state index in [4.69, 9.17) is 9.47 Å². The SMILES string of the molecule is O=C(CNC(=O)c1ccc(C(F)(F)F)cc1)Nc1ccc2c(c1)OCCO2. The number of rotatable bonds is 4. The van der Waals surface area contributed by atoms with E-state index >= 15 is 0 Å². The summed E-state index contributed by atoms with van der Waals surface area (Å²) in [7, 11) is 0. The van der Waals surface area contributed by atoms with Crippen molar-refractivity contribution in [3.8, 4) is 11.5 Å². The number of amides is 2. The Morgan fingerprint density at radius 3 is 2.30 bits per heavy atom. The van der Waals surface area contributed by atoms with Crippen LogP contribution < -0.4 is 20.1 Å². The Morgan fingerprint density at radius 1 is 0.963 bits per heavy atom. The molecule has 0 aromatic heterocycles. The second kappa shape index (κ2) is 7.56. The van der Waals surface area contributed by atoms with Crippen molar-refractivity contribution in [3.05, 3.63) is 53.6 Å². The van der Waals surface area contributed by atoms with Crippen molar-refractivity contribution in [3.63, 3.8) is 0 Å². The van der Waals surface area contributed by atoms with Crippen LogP contribution in [0.2, 0.25) is 0 Å². The molecular weight excluding hydrogens is 365 g/mol. The highest BCUT2D eigenvalue weighted by atomic mass is 19.4. The van der Waals surface area contributed by atoms with Gasteiger partial charge in [0.05, 0.1) is 12.1 Å². The van der Waals surface area contributed by atoms with Crippen molar-refractivity contribution in [2.45, 2.75) is 6.18 Å². The molecule has 0 unspecified atom stereocenters. The minimum atomic E-state index is -4.47. The second-order valence-corrected chi connectivity index (χ2v) is 5.66. The highest BCUT2D eigenvalue weighted by molar-refractivity contribution is 5.99. The Morgan fingerprint density at radius 2 is 1.63 bits per heavy atom. The molecule has 0 spiro atoms. The summed E-state index contributed by atoms with van der Waals surface area (Å²) in [6.07, 6.45) is -4.47. The van der Waals surface area contributed by atoms with E-state index in [1.165, 1.54) is 0 Å². The van der Waals surface area contributed by atoms with Gasteiger partial charge in [0, 0.05) is 17.3 Å². The molecule has 1 heterocycles. The Bertz CT molecular complexity index is 851. The van der Waals surface area contributed by atoms with Crippen LogP contribution in [0.15, 0.2) is 42.5 Å². The Hall–Kier alpha value is -3.23. The number of hydrogen-bond acceptors (Lipinski definition) is 4. The van der Waals surface area contributed by atoms with E-state index in [1.807, 2.05) is 0 Å². The smallest absolute Gasteiger partial charge is 0.416 e. The van der Waals surface area contributed by atoms with Crippen LogP contribution in [0.25, 0.3) is 0 Å². The molecule has 0 saturated carbocycles. The number of alkyl halides is 3. The molecule has 142 valence electrons. The maximum atomic E-state index is 12.5. The van der Waals surface area contributed by atoms with Gasteiger partial charge in [-0.25, -0.2) is 0 Å². The molecule has 6 nitrogen and oxygen atoms in total. The van der Waals surface area contributed by atoms with Crippen LogP contribution in [0.3, 0.4) is 0 Å². The number of fused-ring (bicyclic) bond motifs is 1. The van der Waals surface area contributed by atoms with Gasteiger partial charge in [-0.05, 0) is 36.4 Å². The molecular formula is C18H15F3N2O4. The second-order valence-electron chi connectivity index (χ2n) is 5.66. The topological polar surface area (TPSA) is 76.7 Å². The van der Waals surface area contributed by atoms with Crippen LogP contribution in [0.1, 0.15) is 15.9 Å². The lowest BCUT2D eigenvalue weighted by Crippen LogP contribution is -2.32. The van der Waals surface area contributed by atoms with Crippen LogP contribution in [-0.2, 0) is 11.0 Å². The van der Waals surface area contributed by atoms with Gasteiger partial charge in [0.15, 0.2) is 11.5 Å². The fourth-order valence-corrected chi connectivity index (χ4v) is 2.40. The van der Waals surface area contributed by atoms with Crippen LogP contribution in [0.4, 0.5) is 18.9 Å². The fourth-order valence-electron chi connectivity index (χ4n) is 2.40. The van der Waals surface area contributed by atoms with E-state index in [2.05, 4.69) is 10.6 Å². The minimum absolute atomic E-state index is 0.0233. The number of hydrogen-bond donors (Lipinski definition) is 2. The zero-order chi connectivity index (χ0) is 19.4. The van der Waals surface area contributed by atoms with Gasteiger partial charge in [0.25, 0.3) is 5.91 Å². The van der Waals surface area contributed by atoms with Gasteiger partial charge in [-0.1, -0.05) is 0 Å². The van der Waals surface area contributed by atoms with Gasteiger partial charge in [-0.2, -0.15) is 13.2 Å². The quantitative estimate of drug-likeness (QED) is 0.855. The van der Waals surface area contributed by atoms with Crippen molar-refractivity contribution in [2.24, 2.45) is 0 Å². The van der Waals surface area contributed by atoms with Crippen LogP contribution in [0, 0.1) is 0 Å². The van der Waals surface area contributed by atoms with Gasteiger partial charge in [0.1, 0.15) is 13.2 Å². The molecule has 2 amide bonds. The van der Waals surface area contributed by atoms with Crippen molar-refractivity contribution >= 4 is 17.5 Å². The lowest BCUT2D eigenvalue weighted by atomic mass is 10.1. The number of nitrogens with one attached hydrogen (secondary N) is 2. The summed E-state index contributed by atoms with van der Waals surface area (Å²) < 4.78 is 48.3. The maximum Gasteiger partial charge on any atom is 0.416 e. The van der Waals surface area contributed by atoms with Crippen molar-refractivity contribution < 1.29 is 32.2 Å². The molecule has 9 heteroatoms. The van der Waals surface area contributed by atoms with Crippen molar-refractivity contribution in [2.75, 3.05) is 25.1 Å². The summed E-state index contributed by atoms with van der Waals surface area (Å²) in [5, 5.41) is 4.94. The Balaban J connectivity index is 1.53. The molecule has 2 aromatic carbocycles. The molecule has 2 N–H and O–H groups in total. The lowest BCUT2D eigenvalue weighted by molar-refractivity contribution is -0.137. The summed E-state index contributed by atoms with van der Waals surface area (Å²) in [4.78, 5) is 23.9. The summed E-state index contributed by atoms with van der Waals surface area (Å²) in [6.45, 7) is 0.524. The molecule has 0 atom stereocenters. The summed E-state index contributed by atoms with van der Waals surface area (Å²) >= 11 is 0. The third-order valence-corrected chi connectivity index (χ3v) is 3.71. The molecule has 0 radical (unpaired) electrons. The summed E-state index contributed by atoms with van der Waals surface area (Å²) in [6, 6.07) is 8.61. The van der Waals surface area contributed by atoms with Gasteiger partial charge in [-0.3, -0.25) is 9.59 Å². The number of halogens is 3. The van der Waals surface area contributed by atoms with Gasteiger partial charge in [0.2, 0.25) is 5.91 Å². The van der Waals surface area contributed by atoms with Gasteiger partial charge in [-0.15, -0.1) is 0 Å². The maximum absolute atomic E-state index is 12.5. The Labute approximate surface area is 152 Å². The van der Waals surface area contributed by atoms with Crippen LogP contribution in [0.5, 0.6) is 11.5 Å². The first-order valence-corrected chi connectivity index (χ1v) is 7.98. The van der Waals surface area contributed by atoms with E-state index in [0.717, 1.165) is 24.3 Å². The van der Waals surface area contributed by atoms with E-state index in [1.54, 1.807) is 18.2 Å². The summed E-state index contributed by atoms with van der Waals surface area (Å²) in [5.41, 5.74) is -0.362. The molecule has 1 aliphatic heterocycles. The van der Waals surface area contributed by atoms with E-state index in [9.17, 15) is 22.8 Å². The largest absolute Gasteiger partial charge is 0.486 e. The molecule has 0 aliphatic carbocycles. The fraction of sp³-hybridized carbons (Fsp3) is 0.222. The van der Waals surface area contributed by atoms with E-state index in [0.29, 0.717) is 30.4 Å². The minimum Gasteiger partial charge on any atom is -0.486 e. The van der Waals surface area contributed by atoms with E-state index in [-0.39, 0.29) is 12.1 Å². The van der Waals surface area contributed by atoms with E-state index < -0.39 is 23.6 Å². The first-order valence-electron chi connectivity index (χ1n) is 7.98. The van der Waals surface area contributed by atoms with Crippen LogP contribution in [-0.4, -0.2) is 31.6 Å². The molecule has 27 heavy (non-hydrogen) atoms. The normalized spacial score (nSPS) is 13.0. The highest BCUT2D eigenvalue weighted by Crippen LogP contribution is 2.32. The number of benzene rings is 2. The first kappa shape index (κ1) is 18.6. The first-order chi connectivity index (χ1) is 12.8. The predicted octanol–water partition coefficient (Wildman–Crippen LogP) is 2.85. The number of ether oxygens (including phenoxy) is 2. The number of anilines is 1. The lowest BCUT2D eigenvalue weighted by Gasteiger charge is -2.19.